The van der Waals surface area contributed by atoms with Gasteiger partial charge in [-0.1, -0.05) is 12.1 Å². The van der Waals surface area contributed by atoms with Gasteiger partial charge in [-0.2, -0.15) is 13.2 Å². The fourth-order valence-corrected chi connectivity index (χ4v) is 4.20. The molecule has 7 nitrogen and oxygen atoms in total. The van der Waals surface area contributed by atoms with Crippen molar-refractivity contribution in [3.63, 3.8) is 0 Å². The Morgan fingerprint density at radius 3 is 2.49 bits per heavy atom. The number of alkyl halides is 4. The van der Waals surface area contributed by atoms with Crippen LogP contribution in [0.25, 0.3) is 21.9 Å². The third kappa shape index (κ3) is 5.40. The number of benzene rings is 2. The van der Waals surface area contributed by atoms with Crippen molar-refractivity contribution in [2.45, 2.75) is 44.2 Å². The first-order valence-corrected chi connectivity index (χ1v) is 10.9. The number of aliphatic carboxylic acids is 1. The number of hydrogen-bond acceptors (Lipinski definition) is 5. The van der Waals surface area contributed by atoms with Crippen LogP contribution >= 0.6 is 0 Å². The fourth-order valence-electron chi connectivity index (χ4n) is 4.20. The maximum atomic E-state index is 14.0. The van der Waals surface area contributed by atoms with Gasteiger partial charge in [-0.15, -0.1) is 0 Å². The molecule has 2 heterocycles. The van der Waals surface area contributed by atoms with Crippen molar-refractivity contribution >= 4 is 39.5 Å². The molecule has 3 aromatic rings. The van der Waals surface area contributed by atoms with E-state index >= 15 is 0 Å². The number of halogens is 4. The molecule has 188 valence electrons. The van der Waals surface area contributed by atoms with Gasteiger partial charge < -0.3 is 19.2 Å². The Kier molecular flexibility index (Phi) is 6.50. The van der Waals surface area contributed by atoms with Crippen LogP contribution in [-0.4, -0.2) is 54.6 Å². The highest BCUT2D eigenvalue weighted by molar-refractivity contribution is 6.07. The Hall–Kier alpha value is -3.18. The third-order valence-corrected chi connectivity index (χ3v) is 5.79. The lowest BCUT2D eigenvalue weighted by Crippen LogP contribution is -2.47. The number of rotatable bonds is 7. The molecule has 11 heteroatoms. The Balaban J connectivity index is 1.71. The van der Waals surface area contributed by atoms with E-state index in [4.69, 9.17) is 9.15 Å². The van der Waals surface area contributed by atoms with Crippen molar-refractivity contribution in [3.8, 4) is 0 Å². The van der Waals surface area contributed by atoms with Crippen molar-refractivity contribution < 1.29 is 41.4 Å². The molecule has 1 aliphatic heterocycles. The second-order valence-corrected chi connectivity index (χ2v) is 9.09. The van der Waals surface area contributed by atoms with Gasteiger partial charge in [0.25, 0.3) is 5.91 Å². The minimum atomic E-state index is -4.85. The van der Waals surface area contributed by atoms with Crippen LogP contribution in [0, 0.1) is 0 Å². The minimum absolute atomic E-state index is 0.0315. The molecular formula is C24H24F4N2O5. The van der Waals surface area contributed by atoms with Crippen molar-refractivity contribution in [3.05, 3.63) is 42.0 Å². The SMILES string of the molecule is CC(C)(F)C[C@H](N[C@@H](c1ccc2c(c1)oc1ccc(N3CCOCC3=O)cc12)C(F)(F)F)C(=O)O. The quantitative estimate of drug-likeness (QED) is 0.460. The molecule has 1 aliphatic rings. The van der Waals surface area contributed by atoms with Gasteiger partial charge in [-0.05, 0) is 43.7 Å². The van der Waals surface area contributed by atoms with E-state index < -0.39 is 36.3 Å². The van der Waals surface area contributed by atoms with Gasteiger partial charge in [0.15, 0.2) is 0 Å². The summed E-state index contributed by atoms with van der Waals surface area (Å²) in [6.45, 7) is 2.95. The maximum absolute atomic E-state index is 14.0. The number of carbonyl (C=O) groups excluding carboxylic acids is 1. The number of morpholine rings is 1. The Bertz CT molecular complexity index is 1260. The standard InChI is InChI=1S/C24H24F4N2O5/c1-23(2,25)11-17(22(32)33)29-21(24(26,27)28)13-3-5-15-16-10-14(30-7-8-34-12-20(30)31)4-6-18(16)35-19(15)9-13/h3-6,9-10,17,21,29H,7-8,11-12H2,1-2H3,(H,32,33)/t17-,21-/m0/s1. The molecule has 0 radical (unpaired) electrons. The highest BCUT2D eigenvalue weighted by Crippen LogP contribution is 2.38. The van der Waals surface area contributed by atoms with Gasteiger partial charge in [0.1, 0.15) is 35.5 Å². The molecule has 35 heavy (non-hydrogen) atoms. The summed E-state index contributed by atoms with van der Waals surface area (Å²) in [7, 11) is 0. The highest BCUT2D eigenvalue weighted by Gasteiger charge is 2.44. The van der Waals surface area contributed by atoms with Gasteiger partial charge in [-0.3, -0.25) is 14.9 Å². The number of carbonyl (C=O) groups is 2. The molecule has 2 aromatic carbocycles. The van der Waals surface area contributed by atoms with Crippen LogP contribution < -0.4 is 10.2 Å². The highest BCUT2D eigenvalue weighted by atomic mass is 19.4. The molecule has 0 unspecified atom stereocenters. The van der Waals surface area contributed by atoms with E-state index in [0.29, 0.717) is 35.2 Å². The summed E-state index contributed by atoms with van der Waals surface area (Å²) in [6.07, 6.45) is -5.50. The van der Waals surface area contributed by atoms with E-state index in [0.717, 1.165) is 13.8 Å². The lowest BCUT2D eigenvalue weighted by Gasteiger charge is -2.28. The van der Waals surface area contributed by atoms with E-state index in [-0.39, 0.29) is 23.7 Å². The second-order valence-electron chi connectivity index (χ2n) is 9.09. The molecule has 1 fully saturated rings. The Labute approximate surface area is 197 Å². The fraction of sp³-hybridized carbons (Fsp3) is 0.417. The zero-order valence-corrected chi connectivity index (χ0v) is 19.0. The molecule has 4 rings (SSSR count). The average molecular weight is 496 g/mol. The lowest BCUT2D eigenvalue weighted by atomic mass is 9.98. The maximum Gasteiger partial charge on any atom is 0.407 e. The molecule has 0 saturated carbocycles. The summed E-state index contributed by atoms with van der Waals surface area (Å²) in [5, 5.41) is 12.6. The van der Waals surface area contributed by atoms with Gasteiger partial charge >= 0.3 is 12.1 Å². The summed E-state index contributed by atoms with van der Waals surface area (Å²) in [5.74, 6) is -1.78. The lowest BCUT2D eigenvalue weighted by molar-refractivity contribution is -0.164. The number of nitrogens with one attached hydrogen (secondary N) is 1. The smallest absolute Gasteiger partial charge is 0.407 e. The molecule has 1 amide bonds. The van der Waals surface area contributed by atoms with Gasteiger partial charge in [0, 0.05) is 29.4 Å². The number of amides is 1. The number of carboxylic acid groups (broad SMARTS) is 1. The van der Waals surface area contributed by atoms with E-state index in [2.05, 4.69) is 5.32 Å². The van der Waals surface area contributed by atoms with E-state index in [1.54, 1.807) is 23.1 Å². The number of fused-ring (bicyclic) bond motifs is 3. The molecule has 0 aliphatic carbocycles. The summed E-state index contributed by atoms with van der Waals surface area (Å²) in [5.41, 5.74) is -1.06. The number of hydrogen-bond donors (Lipinski definition) is 2. The van der Waals surface area contributed by atoms with E-state index in [9.17, 15) is 32.3 Å². The zero-order valence-electron chi connectivity index (χ0n) is 19.0. The molecule has 2 atom stereocenters. The molecular weight excluding hydrogens is 472 g/mol. The van der Waals surface area contributed by atoms with E-state index in [1.165, 1.54) is 18.2 Å². The molecule has 0 spiro atoms. The van der Waals surface area contributed by atoms with E-state index in [1.807, 2.05) is 0 Å². The largest absolute Gasteiger partial charge is 0.480 e. The minimum Gasteiger partial charge on any atom is -0.480 e. The van der Waals surface area contributed by atoms with Crippen LogP contribution in [0.3, 0.4) is 0 Å². The predicted octanol–water partition coefficient (Wildman–Crippen LogP) is 4.73. The summed E-state index contributed by atoms with van der Waals surface area (Å²) >= 11 is 0. The first kappa shape index (κ1) is 24.9. The van der Waals surface area contributed by atoms with Crippen molar-refractivity contribution in [1.29, 1.82) is 0 Å². The number of carboxylic acids is 1. The van der Waals surface area contributed by atoms with Crippen LogP contribution in [0.5, 0.6) is 0 Å². The van der Waals surface area contributed by atoms with Crippen LogP contribution in [0.1, 0.15) is 31.9 Å². The molecule has 2 N–H and O–H groups in total. The second kappa shape index (κ2) is 9.12. The van der Waals surface area contributed by atoms with Gasteiger partial charge in [-0.25, -0.2) is 4.39 Å². The first-order valence-electron chi connectivity index (χ1n) is 10.9. The monoisotopic (exact) mass is 496 g/mol. The van der Waals surface area contributed by atoms with Crippen LogP contribution in [0.4, 0.5) is 23.2 Å². The molecule has 1 saturated heterocycles. The van der Waals surface area contributed by atoms with Gasteiger partial charge in [0.2, 0.25) is 0 Å². The summed E-state index contributed by atoms with van der Waals surface area (Å²) in [6, 6.07) is 4.81. The Morgan fingerprint density at radius 2 is 1.86 bits per heavy atom. The van der Waals surface area contributed by atoms with Crippen LogP contribution in [0.15, 0.2) is 40.8 Å². The van der Waals surface area contributed by atoms with Crippen molar-refractivity contribution in [2.24, 2.45) is 0 Å². The average Bonchev–Trinajstić information content (AvgIpc) is 3.12. The van der Waals surface area contributed by atoms with Gasteiger partial charge in [0.05, 0.1) is 6.61 Å². The summed E-state index contributed by atoms with van der Waals surface area (Å²) < 4.78 is 66.7. The van der Waals surface area contributed by atoms with Crippen molar-refractivity contribution in [1.82, 2.24) is 5.32 Å². The number of ether oxygens (including phenoxy) is 1. The van der Waals surface area contributed by atoms with Crippen LogP contribution in [-0.2, 0) is 14.3 Å². The number of furan rings is 1. The molecule has 1 aromatic heterocycles. The molecule has 0 bridgehead atoms. The number of nitrogens with zero attached hydrogens (tertiary/aromatic N) is 1. The zero-order chi connectivity index (χ0) is 25.5. The first-order chi connectivity index (χ1) is 16.3. The van der Waals surface area contributed by atoms with Crippen molar-refractivity contribution in [2.75, 3.05) is 24.7 Å². The Morgan fingerprint density at radius 1 is 1.11 bits per heavy atom. The third-order valence-electron chi connectivity index (χ3n) is 5.79. The topological polar surface area (TPSA) is 92.0 Å². The number of anilines is 1. The predicted molar refractivity (Wildman–Crippen MR) is 120 cm³/mol. The van der Waals surface area contributed by atoms with Crippen LogP contribution in [0.2, 0.25) is 0 Å². The summed E-state index contributed by atoms with van der Waals surface area (Å²) in [4.78, 5) is 25.3. The normalized spacial score (nSPS) is 17.2.